The predicted molar refractivity (Wildman–Crippen MR) is 198 cm³/mol. The monoisotopic (exact) mass is 695 g/mol. The number of carbonyl (C=O) groups is 1. The lowest BCUT2D eigenvalue weighted by Gasteiger charge is -2.10. The van der Waals surface area contributed by atoms with Gasteiger partial charge in [-0.15, -0.1) is 0 Å². The van der Waals surface area contributed by atoms with Crippen LogP contribution >= 0.6 is 0 Å². The minimum atomic E-state index is -0.440. The summed E-state index contributed by atoms with van der Waals surface area (Å²) in [7, 11) is 1.61. The Bertz CT molecular complexity index is 2420. The summed E-state index contributed by atoms with van der Waals surface area (Å²) in [6, 6.07) is 26.0. The third kappa shape index (κ3) is 7.43. The van der Waals surface area contributed by atoms with Crippen LogP contribution in [0.25, 0.3) is 16.8 Å². The molecule has 13 heteroatoms. The number of rotatable bonds is 8. The topological polar surface area (TPSA) is 150 Å². The number of hydrogen-bond acceptors (Lipinski definition) is 10. The molecule has 1 unspecified atom stereocenters. The summed E-state index contributed by atoms with van der Waals surface area (Å²) in [5, 5.41) is 10.3. The molecule has 262 valence electrons. The van der Waals surface area contributed by atoms with Crippen LogP contribution in [0.3, 0.4) is 0 Å². The maximum Gasteiger partial charge on any atom is 0.274 e. The Kier molecular flexibility index (Phi) is 9.56. The van der Waals surface area contributed by atoms with Crippen molar-refractivity contribution in [3.05, 3.63) is 142 Å². The second-order valence-electron chi connectivity index (χ2n) is 12.5. The summed E-state index contributed by atoms with van der Waals surface area (Å²) in [6.45, 7) is 6.66. The molecule has 0 aliphatic carbocycles. The summed E-state index contributed by atoms with van der Waals surface area (Å²) < 4.78 is 14.9. The Morgan fingerprint density at radius 1 is 0.981 bits per heavy atom. The molecule has 0 bridgehead atoms. The fraction of sp³-hybridized carbons (Fsp3) is 0.205. The number of fused-ring (bicyclic) bond motifs is 4. The van der Waals surface area contributed by atoms with Gasteiger partial charge in [0, 0.05) is 37.3 Å². The fourth-order valence-corrected chi connectivity index (χ4v) is 5.50. The van der Waals surface area contributed by atoms with E-state index in [9.17, 15) is 9.59 Å². The Labute approximate surface area is 299 Å². The molecule has 0 radical (unpaired) electrons. The number of para-hydroxylation sites is 2. The van der Waals surface area contributed by atoms with Crippen LogP contribution < -0.4 is 25.7 Å². The van der Waals surface area contributed by atoms with Gasteiger partial charge in [-0.05, 0) is 72.5 Å². The maximum absolute atomic E-state index is 12.5. The first-order valence-electron chi connectivity index (χ1n) is 16.9. The highest BCUT2D eigenvalue weighted by Crippen LogP contribution is 2.39. The molecule has 1 aliphatic rings. The van der Waals surface area contributed by atoms with Crippen molar-refractivity contribution < 1.29 is 14.3 Å². The third-order valence-electron chi connectivity index (χ3n) is 8.46. The molecule has 0 fully saturated rings. The lowest BCUT2D eigenvalue weighted by molar-refractivity contribution is 0.102. The normalized spacial score (nSPS) is 13.2. The summed E-state index contributed by atoms with van der Waals surface area (Å²) in [4.78, 5) is 41.5. The molecule has 1 amide bonds. The average molecular weight is 696 g/mol. The first kappa shape index (κ1) is 33.8. The molecule has 0 saturated heterocycles. The van der Waals surface area contributed by atoms with Crippen molar-refractivity contribution >= 4 is 34.1 Å². The van der Waals surface area contributed by atoms with Crippen LogP contribution in [-0.4, -0.2) is 40.0 Å². The molecule has 52 heavy (non-hydrogen) atoms. The molecule has 13 nitrogen and oxygen atoms in total. The Morgan fingerprint density at radius 2 is 1.85 bits per heavy atom. The second kappa shape index (κ2) is 14.7. The number of carbonyl (C=O) groups excluding carboxylic acids is 1. The van der Waals surface area contributed by atoms with Crippen LogP contribution in [-0.2, 0) is 20.1 Å². The van der Waals surface area contributed by atoms with Gasteiger partial charge in [-0.25, -0.2) is 14.6 Å². The van der Waals surface area contributed by atoms with Gasteiger partial charge in [0.1, 0.15) is 29.5 Å². The number of benzene rings is 2. The molecular weight excluding hydrogens is 658 g/mol. The first-order chi connectivity index (χ1) is 25.2. The average Bonchev–Trinajstić information content (AvgIpc) is 3.77. The Balaban J connectivity index is 0.000000162. The van der Waals surface area contributed by atoms with Crippen LogP contribution in [0.5, 0.6) is 11.5 Å². The molecular formula is C39H37N9O4. The van der Waals surface area contributed by atoms with Gasteiger partial charge in [0.05, 0.1) is 34.3 Å². The standard InChI is InChI=1S/C20H20N4O3.C19H17N5O/c1-3-13-4-5-14(21-11-13)12-26-15-6-8-18-17(10-15)22-20(27-18)16-7-9-19(25)24(2)23-16;1-12(2)14-8-7-13(11-20-14)21-18(25)16-9-10-24-17-6-4-3-5-15(17)22-19(24)23-16/h4-11,20,22H,3,12H2,1-2H3;3-12H,1-2H3,(H,21,25). The molecule has 2 aromatic carbocycles. The molecule has 1 aliphatic heterocycles. The molecule has 0 saturated carbocycles. The molecule has 0 spiro atoms. The van der Waals surface area contributed by atoms with E-state index in [1.807, 2.05) is 77.5 Å². The van der Waals surface area contributed by atoms with E-state index in [2.05, 4.69) is 62.5 Å². The Hall–Kier alpha value is -6.63. The molecule has 8 rings (SSSR count). The largest absolute Gasteiger partial charge is 0.487 e. The molecule has 1 atom stereocenters. The van der Waals surface area contributed by atoms with Crippen molar-refractivity contribution in [1.82, 2.24) is 34.1 Å². The van der Waals surface area contributed by atoms with E-state index in [1.165, 1.54) is 16.3 Å². The smallest absolute Gasteiger partial charge is 0.274 e. The molecule has 2 N–H and O–H groups in total. The number of pyridine rings is 2. The number of aryl methyl sites for hydroxylation is 2. The summed E-state index contributed by atoms with van der Waals surface area (Å²) in [5.74, 6) is 2.01. The first-order valence-corrected chi connectivity index (χ1v) is 16.9. The summed E-state index contributed by atoms with van der Waals surface area (Å²) >= 11 is 0. The van der Waals surface area contributed by atoms with Crippen molar-refractivity contribution in [3.8, 4) is 11.5 Å². The fourth-order valence-electron chi connectivity index (χ4n) is 5.50. The zero-order chi connectivity index (χ0) is 36.2. The quantitative estimate of drug-likeness (QED) is 0.181. The van der Waals surface area contributed by atoms with Gasteiger partial charge >= 0.3 is 0 Å². The number of aromatic nitrogens is 7. The highest BCUT2D eigenvalue weighted by Gasteiger charge is 2.25. The van der Waals surface area contributed by atoms with Gasteiger partial charge in [-0.3, -0.25) is 24.0 Å². The number of anilines is 2. The predicted octanol–water partition coefficient (Wildman–Crippen LogP) is 6.47. The summed E-state index contributed by atoms with van der Waals surface area (Å²) in [5.41, 5.74) is 7.14. The van der Waals surface area contributed by atoms with Gasteiger partial charge in [0.25, 0.3) is 11.5 Å². The van der Waals surface area contributed by atoms with Crippen LogP contribution in [0.1, 0.15) is 66.1 Å². The Morgan fingerprint density at radius 3 is 2.60 bits per heavy atom. The molecule has 7 aromatic rings. The second-order valence-corrected chi connectivity index (χ2v) is 12.5. The van der Waals surface area contributed by atoms with Crippen molar-refractivity contribution in [2.45, 2.75) is 45.9 Å². The number of nitrogens with one attached hydrogen (secondary N) is 2. The van der Waals surface area contributed by atoms with Gasteiger partial charge in [-0.2, -0.15) is 5.10 Å². The van der Waals surface area contributed by atoms with E-state index >= 15 is 0 Å². The molecule has 5 aromatic heterocycles. The summed E-state index contributed by atoms with van der Waals surface area (Å²) in [6.07, 6.45) is 5.88. The van der Waals surface area contributed by atoms with Crippen LogP contribution in [0, 0.1) is 0 Å². The van der Waals surface area contributed by atoms with E-state index in [-0.39, 0.29) is 11.5 Å². The zero-order valence-corrected chi connectivity index (χ0v) is 29.1. The van der Waals surface area contributed by atoms with Crippen LogP contribution in [0.4, 0.5) is 11.4 Å². The van der Waals surface area contributed by atoms with Gasteiger partial charge in [0.2, 0.25) is 12.0 Å². The van der Waals surface area contributed by atoms with E-state index in [0.717, 1.165) is 40.3 Å². The highest BCUT2D eigenvalue weighted by atomic mass is 16.5. The minimum Gasteiger partial charge on any atom is -0.487 e. The van der Waals surface area contributed by atoms with E-state index in [0.29, 0.717) is 41.1 Å². The van der Waals surface area contributed by atoms with E-state index < -0.39 is 6.23 Å². The lowest BCUT2D eigenvalue weighted by Crippen LogP contribution is -2.23. The molecule has 6 heterocycles. The SMILES string of the molecule is CC(C)c1ccc(NC(=O)c2ccn3c(n2)nc2ccccc23)cn1.CCc1ccc(COc2ccc3c(c2)NC(c2ccc(=O)n(C)n2)O3)nc1. The number of nitrogens with zero attached hydrogens (tertiary/aromatic N) is 7. The minimum absolute atomic E-state index is 0.162. The van der Waals surface area contributed by atoms with Crippen LogP contribution in [0.15, 0.2) is 108 Å². The van der Waals surface area contributed by atoms with Gasteiger partial charge in [0.15, 0.2) is 0 Å². The van der Waals surface area contributed by atoms with E-state index in [4.69, 9.17) is 9.47 Å². The zero-order valence-electron chi connectivity index (χ0n) is 29.1. The number of ether oxygens (including phenoxy) is 2. The van der Waals surface area contributed by atoms with E-state index in [1.54, 1.807) is 25.4 Å². The van der Waals surface area contributed by atoms with Crippen molar-refractivity contribution in [2.75, 3.05) is 10.6 Å². The van der Waals surface area contributed by atoms with Crippen molar-refractivity contribution in [1.29, 1.82) is 0 Å². The van der Waals surface area contributed by atoms with Crippen LogP contribution in [0.2, 0.25) is 0 Å². The number of hydrogen-bond donors (Lipinski definition) is 2. The van der Waals surface area contributed by atoms with Crippen molar-refractivity contribution in [3.63, 3.8) is 0 Å². The van der Waals surface area contributed by atoms with Crippen molar-refractivity contribution in [2.24, 2.45) is 7.05 Å². The number of amides is 1. The highest BCUT2D eigenvalue weighted by molar-refractivity contribution is 6.03. The maximum atomic E-state index is 12.5. The lowest BCUT2D eigenvalue weighted by atomic mass is 10.1. The number of imidazole rings is 1. The van der Waals surface area contributed by atoms with Gasteiger partial charge < -0.3 is 20.1 Å². The van der Waals surface area contributed by atoms with Gasteiger partial charge in [-0.1, -0.05) is 39.0 Å². The third-order valence-corrected chi connectivity index (χ3v) is 8.46.